The zero-order valence-corrected chi connectivity index (χ0v) is 17.4. The first-order chi connectivity index (χ1) is 13.7. The Labute approximate surface area is 178 Å². The van der Waals surface area contributed by atoms with Crippen molar-refractivity contribution in [3.05, 3.63) is 54.0 Å². The van der Waals surface area contributed by atoms with Gasteiger partial charge in [0.1, 0.15) is 0 Å². The van der Waals surface area contributed by atoms with Crippen LogP contribution in [0.3, 0.4) is 0 Å². The first-order valence-electron chi connectivity index (χ1n) is 8.89. The summed E-state index contributed by atoms with van der Waals surface area (Å²) in [7, 11) is -3.85. The lowest BCUT2D eigenvalue weighted by Gasteiger charge is -2.34. The number of furan rings is 1. The Balaban J connectivity index is 0.00000320. The average molecular weight is 468 g/mol. The highest BCUT2D eigenvalue weighted by atomic mass is 35.5. The van der Waals surface area contributed by atoms with E-state index in [9.17, 15) is 26.4 Å². The Hall–Kier alpha value is -2.08. The second-order valence-electron chi connectivity index (χ2n) is 6.50. The van der Waals surface area contributed by atoms with Gasteiger partial charge in [-0.05, 0) is 36.4 Å². The van der Waals surface area contributed by atoms with Crippen molar-refractivity contribution < 1.29 is 30.8 Å². The Kier molecular flexibility index (Phi) is 7.92. The van der Waals surface area contributed by atoms with Gasteiger partial charge >= 0.3 is 6.18 Å². The van der Waals surface area contributed by atoms with E-state index < -0.39 is 21.8 Å². The topological polar surface area (TPSA) is 82.9 Å². The molecule has 2 aromatic rings. The van der Waals surface area contributed by atoms with Crippen LogP contribution in [-0.4, -0.2) is 62.8 Å². The normalized spacial score (nSPS) is 16.1. The summed E-state index contributed by atoms with van der Waals surface area (Å²) >= 11 is 0. The Morgan fingerprint density at radius 2 is 1.70 bits per heavy atom. The van der Waals surface area contributed by atoms with Gasteiger partial charge in [0.05, 0.1) is 16.7 Å². The maximum absolute atomic E-state index is 12.6. The van der Waals surface area contributed by atoms with Crippen LogP contribution in [0, 0.1) is 0 Å². The van der Waals surface area contributed by atoms with Crippen molar-refractivity contribution in [2.24, 2.45) is 0 Å². The minimum Gasteiger partial charge on any atom is -0.459 e. The van der Waals surface area contributed by atoms with E-state index in [4.69, 9.17) is 4.42 Å². The molecule has 0 aliphatic carbocycles. The van der Waals surface area contributed by atoms with E-state index in [1.165, 1.54) is 10.6 Å². The van der Waals surface area contributed by atoms with Gasteiger partial charge in [-0.3, -0.25) is 9.69 Å². The van der Waals surface area contributed by atoms with Gasteiger partial charge in [-0.25, -0.2) is 8.42 Å². The first kappa shape index (κ1) is 24.2. The van der Waals surface area contributed by atoms with E-state index in [1.54, 1.807) is 12.1 Å². The van der Waals surface area contributed by atoms with Crippen LogP contribution in [-0.2, 0) is 16.2 Å². The molecule has 0 unspecified atom stereocenters. The van der Waals surface area contributed by atoms with Crippen LogP contribution in [0.1, 0.15) is 16.1 Å². The van der Waals surface area contributed by atoms with E-state index in [0.29, 0.717) is 26.2 Å². The van der Waals surface area contributed by atoms with E-state index in [-0.39, 0.29) is 42.1 Å². The van der Waals surface area contributed by atoms with Crippen LogP contribution in [0.5, 0.6) is 0 Å². The van der Waals surface area contributed by atoms with Crippen molar-refractivity contribution in [1.29, 1.82) is 0 Å². The molecule has 1 aromatic carbocycles. The van der Waals surface area contributed by atoms with Crippen molar-refractivity contribution in [1.82, 2.24) is 14.5 Å². The summed E-state index contributed by atoms with van der Waals surface area (Å²) < 4.78 is 69.5. The molecule has 12 heteroatoms. The molecule has 3 rings (SSSR count). The summed E-state index contributed by atoms with van der Waals surface area (Å²) in [6.07, 6.45) is -3.11. The third-order valence-electron chi connectivity index (χ3n) is 4.61. The summed E-state index contributed by atoms with van der Waals surface area (Å²) in [5.74, 6) is -0.101. The number of nitrogens with zero attached hydrogens (tertiary/aromatic N) is 2. The smallest absolute Gasteiger partial charge is 0.416 e. The van der Waals surface area contributed by atoms with E-state index >= 15 is 0 Å². The minimum atomic E-state index is -4.51. The molecule has 0 bridgehead atoms. The summed E-state index contributed by atoms with van der Waals surface area (Å²) in [6, 6.07) is 6.67. The zero-order chi connectivity index (χ0) is 21.1. The molecule has 2 heterocycles. The van der Waals surface area contributed by atoms with Crippen LogP contribution in [0.4, 0.5) is 13.2 Å². The highest BCUT2D eigenvalue weighted by Gasteiger charge is 2.32. The quantitative estimate of drug-likeness (QED) is 0.705. The monoisotopic (exact) mass is 467 g/mol. The molecular formula is C18H21ClF3N3O4S. The standard InChI is InChI=1S/C18H20F3N3O4S.ClH/c19-18(20,21)14-3-5-15(6-4-14)29(26,27)24-11-9-23(10-12-24)8-7-22-17(25)16-2-1-13-28-16;/h1-6,13H,7-12H2,(H,22,25);1H. The third kappa shape index (κ3) is 5.75. The average Bonchev–Trinajstić information content (AvgIpc) is 3.23. The molecule has 1 N–H and O–H groups in total. The largest absolute Gasteiger partial charge is 0.459 e. The van der Waals surface area contributed by atoms with Gasteiger partial charge in [-0.1, -0.05) is 0 Å². The second-order valence-corrected chi connectivity index (χ2v) is 8.44. The number of carbonyl (C=O) groups is 1. The van der Waals surface area contributed by atoms with Crippen LogP contribution in [0.2, 0.25) is 0 Å². The number of piperazine rings is 1. The number of alkyl halides is 3. The second kappa shape index (κ2) is 9.82. The Morgan fingerprint density at radius 1 is 1.07 bits per heavy atom. The lowest BCUT2D eigenvalue weighted by Crippen LogP contribution is -2.50. The lowest BCUT2D eigenvalue weighted by atomic mass is 10.2. The van der Waals surface area contributed by atoms with Crippen molar-refractivity contribution >= 4 is 28.3 Å². The van der Waals surface area contributed by atoms with Crippen molar-refractivity contribution in [3.8, 4) is 0 Å². The minimum absolute atomic E-state index is 0. The number of sulfonamides is 1. The van der Waals surface area contributed by atoms with Gasteiger partial charge in [0.15, 0.2) is 5.76 Å². The fraction of sp³-hybridized carbons (Fsp3) is 0.389. The molecule has 1 fully saturated rings. The van der Waals surface area contributed by atoms with Crippen LogP contribution in [0.25, 0.3) is 0 Å². The number of hydrogen-bond donors (Lipinski definition) is 1. The Morgan fingerprint density at radius 3 is 2.23 bits per heavy atom. The summed E-state index contributed by atoms with van der Waals surface area (Å²) in [4.78, 5) is 13.6. The molecule has 0 saturated carbocycles. The number of rotatable bonds is 6. The summed E-state index contributed by atoms with van der Waals surface area (Å²) in [6.45, 7) is 2.27. The Bertz CT molecular complexity index is 927. The third-order valence-corrected chi connectivity index (χ3v) is 6.52. The van der Waals surface area contributed by atoms with Crippen molar-refractivity contribution in [2.75, 3.05) is 39.3 Å². The van der Waals surface area contributed by atoms with Crippen LogP contribution in [0.15, 0.2) is 52.0 Å². The number of amides is 1. The number of carbonyl (C=O) groups excluding carboxylic acids is 1. The number of benzene rings is 1. The summed E-state index contributed by atoms with van der Waals surface area (Å²) in [5, 5.41) is 2.72. The summed E-state index contributed by atoms with van der Waals surface area (Å²) in [5.41, 5.74) is -0.891. The molecular weight excluding hydrogens is 447 g/mol. The molecule has 166 valence electrons. The lowest BCUT2D eigenvalue weighted by molar-refractivity contribution is -0.137. The molecule has 1 amide bonds. The highest BCUT2D eigenvalue weighted by molar-refractivity contribution is 7.89. The number of halogens is 4. The molecule has 1 aliphatic rings. The van der Waals surface area contributed by atoms with Gasteiger partial charge < -0.3 is 9.73 Å². The maximum atomic E-state index is 12.6. The van der Waals surface area contributed by atoms with Gasteiger partial charge in [-0.15, -0.1) is 12.4 Å². The molecule has 1 aromatic heterocycles. The fourth-order valence-corrected chi connectivity index (χ4v) is 4.40. The predicted octanol–water partition coefficient (Wildman–Crippen LogP) is 2.46. The van der Waals surface area contributed by atoms with Crippen LogP contribution >= 0.6 is 12.4 Å². The molecule has 1 aliphatic heterocycles. The van der Waals surface area contributed by atoms with Gasteiger partial charge in [0.25, 0.3) is 5.91 Å². The van der Waals surface area contributed by atoms with Gasteiger partial charge in [0, 0.05) is 39.3 Å². The molecule has 7 nitrogen and oxygen atoms in total. The van der Waals surface area contributed by atoms with Crippen molar-refractivity contribution in [2.45, 2.75) is 11.1 Å². The van der Waals surface area contributed by atoms with Gasteiger partial charge in [-0.2, -0.15) is 17.5 Å². The number of nitrogens with one attached hydrogen (secondary N) is 1. The highest BCUT2D eigenvalue weighted by Crippen LogP contribution is 2.30. The van der Waals surface area contributed by atoms with Gasteiger partial charge in [0.2, 0.25) is 10.0 Å². The molecule has 0 radical (unpaired) electrons. The number of hydrogen-bond acceptors (Lipinski definition) is 5. The molecule has 0 atom stereocenters. The van der Waals surface area contributed by atoms with E-state index in [1.807, 2.05) is 4.90 Å². The SMILES string of the molecule is Cl.O=C(NCCN1CCN(S(=O)(=O)c2ccc(C(F)(F)F)cc2)CC1)c1ccco1. The van der Waals surface area contributed by atoms with Crippen molar-refractivity contribution in [3.63, 3.8) is 0 Å². The molecule has 30 heavy (non-hydrogen) atoms. The zero-order valence-electron chi connectivity index (χ0n) is 15.8. The van der Waals surface area contributed by atoms with E-state index in [0.717, 1.165) is 24.3 Å². The van der Waals surface area contributed by atoms with Crippen LogP contribution < -0.4 is 5.32 Å². The molecule has 0 spiro atoms. The predicted molar refractivity (Wildman–Crippen MR) is 105 cm³/mol. The molecule has 1 saturated heterocycles. The maximum Gasteiger partial charge on any atom is 0.416 e. The first-order valence-corrected chi connectivity index (χ1v) is 10.3. The van der Waals surface area contributed by atoms with E-state index in [2.05, 4.69) is 5.32 Å². The fourth-order valence-electron chi connectivity index (χ4n) is 2.98.